The van der Waals surface area contributed by atoms with Gasteiger partial charge in [0.25, 0.3) is 0 Å². The number of carbonyl (C=O) groups excluding carboxylic acids is 1. The van der Waals surface area contributed by atoms with E-state index in [1.54, 1.807) is 17.3 Å². The van der Waals surface area contributed by atoms with Crippen molar-refractivity contribution >= 4 is 17.3 Å². The van der Waals surface area contributed by atoms with Crippen LogP contribution in [-0.4, -0.2) is 50.0 Å². The highest BCUT2D eigenvalue weighted by molar-refractivity contribution is 5.80. The second kappa shape index (κ2) is 8.17. The summed E-state index contributed by atoms with van der Waals surface area (Å²) in [6.45, 7) is 0.998. The number of anilines is 2. The Morgan fingerprint density at radius 2 is 1.70 bits per heavy atom. The molecule has 5 heteroatoms. The third-order valence-electron chi connectivity index (χ3n) is 3.74. The first-order valence-corrected chi connectivity index (χ1v) is 7.70. The van der Waals surface area contributed by atoms with Crippen LogP contribution in [0.2, 0.25) is 0 Å². The van der Waals surface area contributed by atoms with Crippen LogP contribution in [0.1, 0.15) is 5.56 Å². The molecule has 0 saturated carbocycles. The molecule has 1 N–H and O–H groups in total. The fourth-order valence-electron chi connectivity index (χ4n) is 2.16. The summed E-state index contributed by atoms with van der Waals surface area (Å²) < 4.78 is 0. The van der Waals surface area contributed by atoms with E-state index in [2.05, 4.69) is 10.3 Å². The summed E-state index contributed by atoms with van der Waals surface area (Å²) in [5, 5.41) is 3.17. The third kappa shape index (κ3) is 5.29. The molecule has 1 amide bonds. The second-order valence-electron chi connectivity index (χ2n) is 5.72. The zero-order valence-corrected chi connectivity index (χ0v) is 14.0. The lowest BCUT2D eigenvalue weighted by Gasteiger charge is -2.18. The van der Waals surface area contributed by atoms with Gasteiger partial charge >= 0.3 is 0 Å². The number of benzene rings is 1. The first-order valence-electron chi connectivity index (χ1n) is 7.70. The third-order valence-corrected chi connectivity index (χ3v) is 3.74. The summed E-state index contributed by atoms with van der Waals surface area (Å²) >= 11 is 0. The maximum Gasteiger partial charge on any atom is 0.241 e. The second-order valence-corrected chi connectivity index (χ2v) is 5.72. The first-order chi connectivity index (χ1) is 11.1. The average Bonchev–Trinajstić information content (AvgIpc) is 2.58. The van der Waals surface area contributed by atoms with Gasteiger partial charge in [-0.2, -0.15) is 0 Å². The van der Waals surface area contributed by atoms with Crippen molar-refractivity contribution < 1.29 is 4.79 Å². The van der Waals surface area contributed by atoms with Crippen molar-refractivity contribution in [3.05, 3.63) is 54.4 Å². The van der Waals surface area contributed by atoms with Crippen LogP contribution in [0.5, 0.6) is 0 Å². The molecule has 0 aliphatic carbocycles. The van der Waals surface area contributed by atoms with Crippen molar-refractivity contribution in [2.45, 2.75) is 6.42 Å². The van der Waals surface area contributed by atoms with Crippen LogP contribution in [0.15, 0.2) is 48.8 Å². The number of amides is 1. The number of likely N-dealkylation sites (N-methyl/N-ethyl adjacent to an activating group) is 1. The molecular weight excluding hydrogens is 288 g/mol. The normalized spacial score (nSPS) is 10.2. The minimum atomic E-state index is 0.0794. The Labute approximate surface area is 137 Å². The lowest BCUT2D eigenvalue weighted by Crippen LogP contribution is -2.33. The highest BCUT2D eigenvalue weighted by Crippen LogP contribution is 2.15. The molecule has 0 fully saturated rings. The van der Waals surface area contributed by atoms with Crippen LogP contribution in [-0.2, 0) is 11.2 Å². The van der Waals surface area contributed by atoms with E-state index in [4.69, 9.17) is 0 Å². The molecule has 0 aliphatic heterocycles. The lowest BCUT2D eigenvalue weighted by molar-refractivity contribution is -0.127. The number of pyridine rings is 1. The maximum atomic E-state index is 12.2. The van der Waals surface area contributed by atoms with Gasteiger partial charge in [0.2, 0.25) is 5.91 Å². The first kappa shape index (κ1) is 16.8. The summed E-state index contributed by atoms with van der Waals surface area (Å²) in [6.07, 6.45) is 4.38. The van der Waals surface area contributed by atoms with Crippen LogP contribution in [0, 0.1) is 0 Å². The number of aromatic nitrogens is 1. The van der Waals surface area contributed by atoms with E-state index in [1.807, 2.05) is 62.4 Å². The van der Waals surface area contributed by atoms with Crippen molar-refractivity contribution in [1.82, 2.24) is 9.88 Å². The van der Waals surface area contributed by atoms with E-state index in [0.29, 0.717) is 13.1 Å². The molecule has 23 heavy (non-hydrogen) atoms. The zero-order valence-electron chi connectivity index (χ0n) is 14.0. The molecule has 1 heterocycles. The van der Waals surface area contributed by atoms with Crippen LogP contribution < -0.4 is 10.2 Å². The van der Waals surface area contributed by atoms with Crippen LogP contribution in [0.4, 0.5) is 11.4 Å². The molecule has 0 spiro atoms. The van der Waals surface area contributed by atoms with Crippen molar-refractivity contribution in [1.29, 1.82) is 0 Å². The molecule has 0 unspecified atom stereocenters. The van der Waals surface area contributed by atoms with E-state index >= 15 is 0 Å². The maximum absolute atomic E-state index is 12.2. The van der Waals surface area contributed by atoms with Gasteiger partial charge in [0.05, 0.1) is 6.54 Å². The molecule has 5 nitrogen and oxygen atoms in total. The molecule has 0 aliphatic rings. The summed E-state index contributed by atoms with van der Waals surface area (Å²) in [5.74, 6) is 0.0794. The molecule has 1 aromatic carbocycles. The van der Waals surface area contributed by atoms with E-state index in [-0.39, 0.29) is 5.91 Å². The molecule has 0 saturated heterocycles. The Morgan fingerprint density at radius 3 is 2.30 bits per heavy atom. The van der Waals surface area contributed by atoms with E-state index in [0.717, 1.165) is 17.8 Å². The Balaban J connectivity index is 1.77. The van der Waals surface area contributed by atoms with Gasteiger partial charge in [-0.15, -0.1) is 0 Å². The fraction of sp³-hybridized carbons (Fsp3) is 0.333. The van der Waals surface area contributed by atoms with Gasteiger partial charge in [-0.05, 0) is 48.4 Å². The molecule has 2 aromatic rings. The number of hydrogen-bond donors (Lipinski definition) is 1. The van der Waals surface area contributed by atoms with Crippen LogP contribution >= 0.6 is 0 Å². The highest BCUT2D eigenvalue weighted by Gasteiger charge is 2.08. The van der Waals surface area contributed by atoms with Crippen molar-refractivity contribution in [3.63, 3.8) is 0 Å². The molecule has 0 atom stereocenters. The minimum absolute atomic E-state index is 0.0794. The highest BCUT2D eigenvalue weighted by atomic mass is 16.2. The fourth-order valence-corrected chi connectivity index (χ4v) is 2.16. The molecule has 0 bridgehead atoms. The quantitative estimate of drug-likeness (QED) is 0.852. The van der Waals surface area contributed by atoms with Crippen LogP contribution in [0.3, 0.4) is 0 Å². The zero-order chi connectivity index (χ0) is 16.7. The molecule has 122 valence electrons. The largest absolute Gasteiger partial charge is 0.378 e. The van der Waals surface area contributed by atoms with Gasteiger partial charge in [-0.1, -0.05) is 0 Å². The molecule has 0 radical (unpaired) electrons. The van der Waals surface area contributed by atoms with Gasteiger partial charge in [-0.3, -0.25) is 9.78 Å². The van der Waals surface area contributed by atoms with Crippen molar-refractivity contribution in [2.24, 2.45) is 0 Å². The number of nitrogens with zero attached hydrogens (tertiary/aromatic N) is 3. The summed E-state index contributed by atoms with van der Waals surface area (Å²) in [4.78, 5) is 19.9. The Morgan fingerprint density at radius 1 is 1.04 bits per heavy atom. The number of nitrogens with one attached hydrogen (secondary N) is 1. The molecular formula is C18H24N4O. The predicted molar refractivity (Wildman–Crippen MR) is 94.8 cm³/mol. The summed E-state index contributed by atoms with van der Waals surface area (Å²) in [7, 11) is 5.84. The monoisotopic (exact) mass is 312 g/mol. The van der Waals surface area contributed by atoms with Crippen molar-refractivity contribution in [2.75, 3.05) is 44.4 Å². The Kier molecular flexibility index (Phi) is 5.97. The topological polar surface area (TPSA) is 48.5 Å². The Bertz CT molecular complexity index is 611. The van der Waals surface area contributed by atoms with E-state index in [9.17, 15) is 4.79 Å². The van der Waals surface area contributed by atoms with Crippen LogP contribution in [0.25, 0.3) is 0 Å². The van der Waals surface area contributed by atoms with Gasteiger partial charge in [0.1, 0.15) is 0 Å². The van der Waals surface area contributed by atoms with E-state index < -0.39 is 0 Å². The number of carbonyl (C=O) groups is 1. The standard InChI is InChI=1S/C18H24N4O/c1-21(2)17-6-4-16(5-7-17)20-14-18(23)22(3)13-10-15-8-11-19-12-9-15/h4-9,11-12,20H,10,13-14H2,1-3H3. The van der Waals surface area contributed by atoms with E-state index in [1.165, 1.54) is 5.56 Å². The smallest absolute Gasteiger partial charge is 0.241 e. The summed E-state index contributed by atoms with van der Waals surface area (Å²) in [6, 6.07) is 12.0. The summed E-state index contributed by atoms with van der Waals surface area (Å²) in [5.41, 5.74) is 3.27. The van der Waals surface area contributed by atoms with Gasteiger partial charge in [0.15, 0.2) is 0 Å². The molecule has 1 aromatic heterocycles. The SMILES string of the molecule is CN(CCc1ccncc1)C(=O)CNc1ccc(N(C)C)cc1. The number of rotatable bonds is 7. The minimum Gasteiger partial charge on any atom is -0.378 e. The average molecular weight is 312 g/mol. The van der Waals surface area contributed by atoms with Gasteiger partial charge in [-0.25, -0.2) is 0 Å². The van der Waals surface area contributed by atoms with Crippen molar-refractivity contribution in [3.8, 4) is 0 Å². The predicted octanol–water partition coefficient (Wildman–Crippen LogP) is 2.26. The van der Waals surface area contributed by atoms with Gasteiger partial charge in [0, 0.05) is 51.5 Å². The number of hydrogen-bond acceptors (Lipinski definition) is 4. The Hall–Kier alpha value is -2.56. The molecule has 2 rings (SSSR count). The van der Waals surface area contributed by atoms with Gasteiger partial charge < -0.3 is 15.1 Å². The lowest BCUT2D eigenvalue weighted by atomic mass is 10.2.